The highest BCUT2D eigenvalue weighted by Crippen LogP contribution is 2.39. The van der Waals surface area contributed by atoms with E-state index in [1.807, 2.05) is 13.8 Å². The maximum absolute atomic E-state index is 13.6. The van der Waals surface area contributed by atoms with Crippen LogP contribution in [-0.2, 0) is 29.0 Å². The molecule has 0 aromatic heterocycles. The Labute approximate surface area is 238 Å². The Morgan fingerprint density at radius 1 is 1.15 bits per heavy atom. The molecule has 39 heavy (non-hydrogen) atoms. The van der Waals surface area contributed by atoms with Gasteiger partial charge in [-0.3, -0.25) is 4.79 Å². The van der Waals surface area contributed by atoms with Gasteiger partial charge in [0.25, 0.3) is 0 Å². The van der Waals surface area contributed by atoms with E-state index in [4.69, 9.17) is 18.9 Å². The maximum atomic E-state index is 13.6. The Hall–Kier alpha value is -1.77. The lowest BCUT2D eigenvalue weighted by Crippen LogP contribution is -2.59. The first-order valence-electron chi connectivity index (χ1n) is 13.7. The number of sulfonamides is 1. The van der Waals surface area contributed by atoms with Crippen molar-refractivity contribution in [1.29, 1.82) is 0 Å². The predicted molar refractivity (Wildman–Crippen MR) is 153 cm³/mol. The molecule has 2 atom stereocenters. The molecule has 10 heteroatoms. The van der Waals surface area contributed by atoms with Crippen LogP contribution in [0.3, 0.4) is 0 Å². The predicted octanol–water partition coefficient (Wildman–Crippen LogP) is 5.01. The largest absolute Gasteiger partial charge is 0.481 e. The highest BCUT2D eigenvalue weighted by molar-refractivity contribution is 8.00. The fraction of sp³-hybridized carbons (Fsp3) is 0.690. The van der Waals surface area contributed by atoms with Gasteiger partial charge in [-0.05, 0) is 91.0 Å². The van der Waals surface area contributed by atoms with Gasteiger partial charge >= 0.3 is 5.97 Å². The lowest BCUT2D eigenvalue weighted by Gasteiger charge is -2.44. The normalized spacial score (nSPS) is 22.0. The Morgan fingerprint density at radius 3 is 2.56 bits per heavy atom. The summed E-state index contributed by atoms with van der Waals surface area (Å²) in [5, 5.41) is 0. The summed E-state index contributed by atoms with van der Waals surface area (Å²) in [5.74, 6) is 6.69. The summed E-state index contributed by atoms with van der Waals surface area (Å²) in [4.78, 5) is 13.2. The molecule has 1 aromatic rings. The smallest absolute Gasteiger partial charge is 0.326 e. The molecule has 0 radical (unpaired) electrons. The number of benzene rings is 1. The van der Waals surface area contributed by atoms with Crippen molar-refractivity contribution in [2.75, 3.05) is 32.1 Å². The van der Waals surface area contributed by atoms with E-state index < -0.39 is 32.4 Å². The van der Waals surface area contributed by atoms with Crippen molar-refractivity contribution in [3.05, 3.63) is 24.3 Å². The van der Waals surface area contributed by atoms with E-state index in [0.29, 0.717) is 18.1 Å². The Bertz CT molecular complexity index is 1100. The van der Waals surface area contributed by atoms with Crippen molar-refractivity contribution in [3.63, 3.8) is 0 Å². The van der Waals surface area contributed by atoms with Crippen LogP contribution in [0.1, 0.15) is 73.1 Å². The second-order valence-electron chi connectivity index (χ2n) is 11.2. The molecule has 0 amide bonds. The van der Waals surface area contributed by atoms with E-state index in [-0.39, 0.29) is 24.3 Å². The Kier molecular flexibility index (Phi) is 11.6. The average molecular weight is 582 g/mol. The average Bonchev–Trinajstić information content (AvgIpc) is 2.86. The van der Waals surface area contributed by atoms with Crippen LogP contribution in [0.25, 0.3) is 0 Å². The van der Waals surface area contributed by atoms with E-state index >= 15 is 0 Å². The molecule has 218 valence electrons. The summed E-state index contributed by atoms with van der Waals surface area (Å²) in [6.45, 7) is 11.0. The van der Waals surface area contributed by atoms with Gasteiger partial charge in [-0.15, -0.1) is 0 Å². The summed E-state index contributed by atoms with van der Waals surface area (Å²) < 4.78 is 50.4. The van der Waals surface area contributed by atoms with Crippen molar-refractivity contribution in [1.82, 2.24) is 4.31 Å². The quantitative estimate of drug-likeness (QED) is 0.216. The first kappa shape index (κ1) is 31.8. The summed E-state index contributed by atoms with van der Waals surface area (Å²) in [6, 6.07) is 5.32. The van der Waals surface area contributed by atoms with Gasteiger partial charge in [0.2, 0.25) is 10.0 Å². The first-order chi connectivity index (χ1) is 18.4. The van der Waals surface area contributed by atoms with Crippen molar-refractivity contribution in [2.24, 2.45) is 0 Å². The minimum atomic E-state index is -3.93. The van der Waals surface area contributed by atoms with Crippen LogP contribution in [0.4, 0.5) is 0 Å². The van der Waals surface area contributed by atoms with Crippen LogP contribution in [0.15, 0.2) is 29.2 Å². The van der Waals surface area contributed by atoms with Crippen LogP contribution < -0.4 is 4.74 Å². The zero-order chi connectivity index (χ0) is 28.5. The van der Waals surface area contributed by atoms with Gasteiger partial charge in [0.1, 0.15) is 24.0 Å². The minimum absolute atomic E-state index is 0.0447. The summed E-state index contributed by atoms with van der Waals surface area (Å²) in [6.07, 6.45) is 5.87. The minimum Gasteiger partial charge on any atom is -0.481 e. The molecule has 0 N–H and O–H groups in total. The SMILES string of the molecule is CC(C)(C)OC(=O)[C@@H]1N(S(=O)(=O)c2ccc(OCC#CCCCCOC3CCCCO3)cc2)CCSC1(C)C. The molecule has 2 heterocycles. The molecule has 2 saturated heterocycles. The fourth-order valence-electron chi connectivity index (χ4n) is 4.45. The van der Waals surface area contributed by atoms with Gasteiger partial charge in [0.05, 0.1) is 4.90 Å². The Morgan fingerprint density at radius 2 is 1.90 bits per heavy atom. The summed E-state index contributed by atoms with van der Waals surface area (Å²) in [7, 11) is -3.93. The molecular formula is C29H43NO7S2. The monoisotopic (exact) mass is 581 g/mol. The summed E-state index contributed by atoms with van der Waals surface area (Å²) in [5.41, 5.74) is -0.717. The zero-order valence-corrected chi connectivity index (χ0v) is 25.5. The van der Waals surface area contributed by atoms with E-state index in [1.165, 1.54) is 22.9 Å². The molecule has 2 aliphatic rings. The number of ether oxygens (including phenoxy) is 4. The van der Waals surface area contributed by atoms with E-state index in [0.717, 1.165) is 38.7 Å². The van der Waals surface area contributed by atoms with Crippen LogP contribution in [0, 0.1) is 11.8 Å². The van der Waals surface area contributed by atoms with Gasteiger partial charge in [-0.1, -0.05) is 11.8 Å². The number of rotatable bonds is 10. The van der Waals surface area contributed by atoms with Crippen LogP contribution in [-0.4, -0.2) is 73.5 Å². The molecule has 0 aliphatic carbocycles. The number of hydrogen-bond donors (Lipinski definition) is 0. The van der Waals surface area contributed by atoms with Crippen LogP contribution in [0.2, 0.25) is 0 Å². The van der Waals surface area contributed by atoms with Gasteiger partial charge in [0, 0.05) is 36.7 Å². The van der Waals surface area contributed by atoms with Gasteiger partial charge in [-0.25, -0.2) is 8.42 Å². The molecule has 0 bridgehead atoms. The number of esters is 1. The molecule has 0 spiro atoms. The highest BCUT2D eigenvalue weighted by Gasteiger charge is 2.49. The third-order valence-corrected chi connectivity index (χ3v) is 9.60. The Balaban J connectivity index is 1.50. The number of nitrogens with zero attached hydrogens (tertiary/aromatic N) is 1. The number of carbonyl (C=O) groups excluding carboxylic acids is 1. The fourth-order valence-corrected chi connectivity index (χ4v) is 7.53. The van der Waals surface area contributed by atoms with Crippen molar-refractivity contribution >= 4 is 27.8 Å². The molecule has 8 nitrogen and oxygen atoms in total. The lowest BCUT2D eigenvalue weighted by atomic mass is 10.0. The molecular weight excluding hydrogens is 538 g/mol. The molecule has 2 fully saturated rings. The van der Waals surface area contributed by atoms with Gasteiger partial charge < -0.3 is 18.9 Å². The number of unbranched alkanes of at least 4 members (excludes halogenated alkanes) is 2. The standard InChI is InChI=1S/C29H43NO7S2/c1-28(2,3)37-27(31)26-29(4,5)38-22-18-30(26)39(32,33)24-16-14-23(15-17-24)34-19-10-7-6-8-11-20-35-25-13-9-12-21-36-25/h14-17,25-26H,6,8-9,11-13,18-22H2,1-5H3/t25?,26-/m0/s1. The summed E-state index contributed by atoms with van der Waals surface area (Å²) >= 11 is 1.57. The molecule has 1 aromatic carbocycles. The number of hydrogen-bond acceptors (Lipinski definition) is 8. The highest BCUT2D eigenvalue weighted by atomic mass is 32.2. The van der Waals surface area contributed by atoms with E-state index in [2.05, 4.69) is 11.8 Å². The molecule has 3 rings (SSSR count). The van der Waals surface area contributed by atoms with Gasteiger partial charge in [0.15, 0.2) is 6.29 Å². The molecule has 0 saturated carbocycles. The van der Waals surface area contributed by atoms with E-state index in [1.54, 1.807) is 44.7 Å². The van der Waals surface area contributed by atoms with Gasteiger partial charge in [-0.2, -0.15) is 16.1 Å². The third kappa shape index (κ3) is 9.68. The van der Waals surface area contributed by atoms with Crippen LogP contribution >= 0.6 is 11.8 Å². The molecule has 1 unspecified atom stereocenters. The topological polar surface area (TPSA) is 91.4 Å². The first-order valence-corrected chi connectivity index (χ1v) is 16.1. The lowest BCUT2D eigenvalue weighted by molar-refractivity contribution is -0.162. The maximum Gasteiger partial charge on any atom is 0.326 e. The molecule has 2 aliphatic heterocycles. The van der Waals surface area contributed by atoms with Crippen LogP contribution in [0.5, 0.6) is 5.75 Å². The van der Waals surface area contributed by atoms with Crippen molar-refractivity contribution < 1.29 is 32.2 Å². The third-order valence-electron chi connectivity index (χ3n) is 6.37. The second kappa shape index (κ2) is 14.2. The second-order valence-corrected chi connectivity index (χ2v) is 14.9. The number of thioether (sulfide) groups is 1. The zero-order valence-electron chi connectivity index (χ0n) is 23.9. The van der Waals surface area contributed by atoms with Crippen molar-refractivity contribution in [3.8, 4) is 17.6 Å². The number of carbonyl (C=O) groups is 1. The van der Waals surface area contributed by atoms with Crippen molar-refractivity contribution in [2.45, 2.75) is 101 Å². The van der Waals surface area contributed by atoms with E-state index in [9.17, 15) is 13.2 Å².